The van der Waals surface area contributed by atoms with Gasteiger partial charge < -0.3 is 9.13 Å². The molecule has 0 N–H and O–H groups in total. The molecule has 0 fully saturated rings. The third-order valence-electron chi connectivity index (χ3n) is 14.0. The normalized spacial score (nSPS) is 11.0. The van der Waals surface area contributed by atoms with Crippen molar-refractivity contribution in [3.63, 3.8) is 0 Å². The van der Waals surface area contributed by atoms with Gasteiger partial charge in [0, 0.05) is 27.1 Å². The molecule has 0 saturated carbocycles. The summed E-state index contributed by atoms with van der Waals surface area (Å²) in [4.78, 5) is 0. The van der Waals surface area contributed by atoms with Crippen LogP contribution in [0.5, 0.6) is 0 Å². The van der Waals surface area contributed by atoms with Gasteiger partial charge in [-0.2, -0.15) is 26.3 Å². The molecule has 0 spiro atoms. The molecule has 336 valence electrons. The summed E-state index contributed by atoms with van der Waals surface area (Å²) in [6, 6.07) is 80.2. The van der Waals surface area contributed by atoms with E-state index in [0.29, 0.717) is 27.8 Å². The SMILES string of the molecule is Cc1c(-n2c3cc(-c4cccc(C#N)c4)ccc3c3ccc(-c4cccc(C#N)c4)cc32)ccc(-c2cccc(C#N)c2)c1-n1c2cc(-c3cccc(C#N)c3)ccc2c2ccc(-c3cccc(C#N)c3)cc21. The van der Waals surface area contributed by atoms with E-state index >= 15 is 0 Å². The molecule has 0 aliphatic carbocycles. The first-order valence-electron chi connectivity index (χ1n) is 23.7. The highest BCUT2D eigenvalue weighted by molar-refractivity contribution is 6.13. The van der Waals surface area contributed by atoms with Crippen molar-refractivity contribution in [2.45, 2.75) is 6.92 Å². The Bertz CT molecular complexity index is 4300. The van der Waals surface area contributed by atoms with Crippen LogP contribution in [0, 0.1) is 63.6 Å². The van der Waals surface area contributed by atoms with Crippen LogP contribution in [0.4, 0.5) is 0 Å². The first-order chi connectivity index (χ1) is 35.8. The van der Waals surface area contributed by atoms with Crippen molar-refractivity contribution >= 4 is 43.6 Å². The second-order valence-corrected chi connectivity index (χ2v) is 18.2. The minimum absolute atomic E-state index is 0.537. The second-order valence-electron chi connectivity index (χ2n) is 18.2. The first-order valence-corrected chi connectivity index (χ1v) is 23.7. The van der Waals surface area contributed by atoms with Crippen LogP contribution in [-0.4, -0.2) is 9.13 Å². The Kier molecular flexibility index (Phi) is 10.5. The van der Waals surface area contributed by atoms with Crippen molar-refractivity contribution in [3.8, 4) is 97.4 Å². The molecule has 2 aromatic heterocycles. The largest absolute Gasteiger partial charge is 0.309 e. The predicted molar refractivity (Wildman–Crippen MR) is 291 cm³/mol. The molecule has 7 nitrogen and oxygen atoms in total. The molecule has 0 amide bonds. The molecular weight excluding hydrogens is 891 g/mol. The van der Waals surface area contributed by atoms with Gasteiger partial charge in [-0.25, -0.2) is 0 Å². The number of nitrogens with zero attached hydrogens (tertiary/aromatic N) is 7. The first kappa shape index (κ1) is 43.5. The number of rotatable bonds is 7. The van der Waals surface area contributed by atoms with Crippen LogP contribution in [0.2, 0.25) is 0 Å². The summed E-state index contributed by atoms with van der Waals surface area (Å²) in [5.41, 5.74) is 18.7. The summed E-state index contributed by atoms with van der Waals surface area (Å²) < 4.78 is 4.68. The van der Waals surface area contributed by atoms with Gasteiger partial charge in [-0.05, 0) is 154 Å². The minimum Gasteiger partial charge on any atom is -0.309 e. The monoisotopic (exact) mass is 927 g/mol. The van der Waals surface area contributed by atoms with E-state index in [1.165, 1.54) is 0 Å². The van der Waals surface area contributed by atoms with Crippen LogP contribution >= 0.6 is 0 Å². The summed E-state index contributed by atoms with van der Waals surface area (Å²) >= 11 is 0. The Morgan fingerprint density at radius 1 is 0.288 bits per heavy atom. The molecule has 10 aromatic carbocycles. The van der Waals surface area contributed by atoms with Gasteiger partial charge in [0.25, 0.3) is 0 Å². The van der Waals surface area contributed by atoms with Crippen LogP contribution in [0.15, 0.2) is 206 Å². The molecule has 0 radical (unpaired) electrons. The molecule has 0 unspecified atom stereocenters. The highest BCUT2D eigenvalue weighted by Gasteiger charge is 2.24. The third kappa shape index (κ3) is 7.42. The number of hydrogen-bond donors (Lipinski definition) is 0. The lowest BCUT2D eigenvalue weighted by Gasteiger charge is -2.22. The van der Waals surface area contributed by atoms with E-state index < -0.39 is 0 Å². The van der Waals surface area contributed by atoms with Crippen LogP contribution in [0.3, 0.4) is 0 Å². The molecule has 12 rings (SSSR count). The van der Waals surface area contributed by atoms with Gasteiger partial charge in [-0.3, -0.25) is 0 Å². The quantitative estimate of drug-likeness (QED) is 0.157. The van der Waals surface area contributed by atoms with Crippen molar-refractivity contribution in [3.05, 3.63) is 240 Å². The van der Waals surface area contributed by atoms with E-state index in [9.17, 15) is 26.3 Å². The fourth-order valence-corrected chi connectivity index (χ4v) is 10.5. The molecule has 73 heavy (non-hydrogen) atoms. The number of hydrogen-bond acceptors (Lipinski definition) is 5. The fraction of sp³-hybridized carbons (Fsp3) is 0.0152. The van der Waals surface area contributed by atoms with E-state index in [0.717, 1.165) is 116 Å². The van der Waals surface area contributed by atoms with Crippen molar-refractivity contribution in [1.29, 1.82) is 26.3 Å². The molecule has 0 aliphatic rings. The third-order valence-corrected chi connectivity index (χ3v) is 14.0. The van der Waals surface area contributed by atoms with Crippen molar-refractivity contribution in [1.82, 2.24) is 9.13 Å². The minimum atomic E-state index is 0.537. The summed E-state index contributed by atoms with van der Waals surface area (Å²) in [5, 5.41) is 54.1. The standard InChI is InChI=1S/C66H37N7/c1-41-61(72-62-32-51(47-12-2-7-42(27-47)36-67)17-21-57(62)58-22-18-52(33-63(58)72)48-13-3-8-43(28-48)37-68)26-25-56(55-16-6-11-46(31-55)40-71)66(41)73-64-34-53(49-14-4-9-44(29-49)38-69)19-23-59(64)60-24-20-54(35-65(60)73)50-15-5-10-45(30-50)39-70/h2-35H,1H3. The highest BCUT2D eigenvalue weighted by Crippen LogP contribution is 2.45. The Hall–Kier alpha value is -10.8. The van der Waals surface area contributed by atoms with Gasteiger partial charge >= 0.3 is 0 Å². The summed E-state index contributed by atoms with van der Waals surface area (Å²) in [7, 11) is 0. The fourth-order valence-electron chi connectivity index (χ4n) is 10.5. The maximum Gasteiger partial charge on any atom is 0.0991 e. The Morgan fingerprint density at radius 2 is 0.575 bits per heavy atom. The lowest BCUT2D eigenvalue weighted by Crippen LogP contribution is -2.06. The van der Waals surface area contributed by atoms with Crippen LogP contribution < -0.4 is 0 Å². The maximum absolute atomic E-state index is 10.3. The van der Waals surface area contributed by atoms with Crippen molar-refractivity contribution in [2.24, 2.45) is 0 Å². The summed E-state index contributed by atoms with van der Waals surface area (Å²) in [6.45, 7) is 2.17. The van der Waals surface area contributed by atoms with Crippen LogP contribution in [-0.2, 0) is 0 Å². The number of nitriles is 5. The average Bonchev–Trinajstić information content (AvgIpc) is 3.95. The maximum atomic E-state index is 10.3. The zero-order valence-corrected chi connectivity index (χ0v) is 39.3. The molecule has 0 atom stereocenters. The lowest BCUT2D eigenvalue weighted by atomic mass is 9.96. The van der Waals surface area contributed by atoms with E-state index in [4.69, 9.17) is 0 Å². The average molecular weight is 928 g/mol. The molecule has 0 saturated heterocycles. The van der Waals surface area contributed by atoms with E-state index in [2.05, 4.69) is 131 Å². The zero-order chi connectivity index (χ0) is 49.7. The summed E-state index contributed by atoms with van der Waals surface area (Å²) in [5.74, 6) is 0. The number of benzene rings is 10. The van der Waals surface area contributed by atoms with Gasteiger partial charge in [-0.1, -0.05) is 115 Å². The Labute approximate surface area is 421 Å². The number of aromatic nitrogens is 2. The van der Waals surface area contributed by atoms with E-state index in [1.54, 1.807) is 0 Å². The molecule has 0 aliphatic heterocycles. The molecule has 2 heterocycles. The highest BCUT2D eigenvalue weighted by atomic mass is 15.0. The van der Waals surface area contributed by atoms with Gasteiger partial charge in [0.2, 0.25) is 0 Å². The molecule has 12 aromatic rings. The van der Waals surface area contributed by atoms with Gasteiger partial charge in [0.15, 0.2) is 0 Å². The van der Waals surface area contributed by atoms with Gasteiger partial charge in [-0.15, -0.1) is 0 Å². The van der Waals surface area contributed by atoms with Crippen LogP contribution in [0.25, 0.3) is 111 Å². The zero-order valence-electron chi connectivity index (χ0n) is 39.3. The van der Waals surface area contributed by atoms with Gasteiger partial charge in [0.05, 0.1) is 91.6 Å². The second kappa shape index (κ2) is 17.6. The van der Waals surface area contributed by atoms with Crippen LogP contribution in [0.1, 0.15) is 33.4 Å². The Balaban J connectivity index is 1.22. The predicted octanol–water partition coefficient (Wildman–Crippen LogP) is 15.9. The van der Waals surface area contributed by atoms with Gasteiger partial charge in [0.1, 0.15) is 0 Å². The Morgan fingerprint density at radius 3 is 0.904 bits per heavy atom. The van der Waals surface area contributed by atoms with E-state index in [-0.39, 0.29) is 0 Å². The van der Waals surface area contributed by atoms with Crippen molar-refractivity contribution in [2.75, 3.05) is 0 Å². The molecular formula is C66H37N7. The van der Waals surface area contributed by atoms with Crippen molar-refractivity contribution < 1.29 is 0 Å². The summed E-state index contributed by atoms with van der Waals surface area (Å²) in [6.07, 6.45) is 0. The smallest absolute Gasteiger partial charge is 0.0991 e. The topological polar surface area (TPSA) is 129 Å². The molecule has 7 heteroatoms. The lowest BCUT2D eigenvalue weighted by molar-refractivity contribution is 1.10. The number of fused-ring (bicyclic) bond motifs is 6. The molecule has 0 bridgehead atoms. The van der Waals surface area contributed by atoms with E-state index in [1.807, 2.05) is 121 Å².